The first-order valence-electron chi connectivity index (χ1n) is 7.85. The average Bonchev–Trinajstić information content (AvgIpc) is 2.95. The summed E-state index contributed by atoms with van der Waals surface area (Å²) in [5, 5.41) is 10.7. The Balaban J connectivity index is 1.67. The van der Waals surface area contributed by atoms with Crippen LogP contribution in [0.5, 0.6) is 5.75 Å². The van der Waals surface area contributed by atoms with E-state index in [1.165, 1.54) is 5.75 Å². The van der Waals surface area contributed by atoms with E-state index in [0.717, 1.165) is 42.9 Å². The number of thioether (sulfide) groups is 1. The molecule has 2 heterocycles. The van der Waals surface area contributed by atoms with Crippen molar-refractivity contribution in [3.8, 4) is 5.75 Å². The summed E-state index contributed by atoms with van der Waals surface area (Å²) < 4.78 is 11.5. The van der Waals surface area contributed by atoms with Crippen LogP contribution in [0.2, 0.25) is 0 Å². The maximum Gasteiger partial charge on any atom is 0.119 e. The second kappa shape index (κ2) is 6.59. The molecule has 3 unspecified atom stereocenters. The third kappa shape index (κ3) is 3.38. The normalized spacial score (nSPS) is 30.5. The van der Waals surface area contributed by atoms with Crippen molar-refractivity contribution in [1.82, 2.24) is 0 Å². The topological polar surface area (TPSA) is 38.7 Å². The number of benzene rings is 1. The van der Waals surface area contributed by atoms with Gasteiger partial charge in [0.1, 0.15) is 5.75 Å². The van der Waals surface area contributed by atoms with Crippen molar-refractivity contribution >= 4 is 11.8 Å². The van der Waals surface area contributed by atoms with Crippen LogP contribution in [0.3, 0.4) is 0 Å². The van der Waals surface area contributed by atoms with Crippen LogP contribution in [0.15, 0.2) is 24.3 Å². The molecule has 0 aromatic heterocycles. The molecular formula is C17H24O3S. The molecule has 116 valence electrons. The van der Waals surface area contributed by atoms with E-state index in [2.05, 4.69) is 0 Å². The van der Waals surface area contributed by atoms with Gasteiger partial charge in [0.15, 0.2) is 0 Å². The molecular weight excluding hydrogens is 284 g/mol. The molecule has 0 saturated carbocycles. The van der Waals surface area contributed by atoms with E-state index in [1.807, 2.05) is 43.0 Å². The van der Waals surface area contributed by atoms with Crippen molar-refractivity contribution in [2.75, 3.05) is 24.7 Å². The van der Waals surface area contributed by atoms with Gasteiger partial charge in [0.25, 0.3) is 0 Å². The van der Waals surface area contributed by atoms with Gasteiger partial charge in [0.05, 0.1) is 18.3 Å². The van der Waals surface area contributed by atoms with Gasteiger partial charge in [0, 0.05) is 12.4 Å². The number of aliphatic hydroxyl groups is 1. The largest absolute Gasteiger partial charge is 0.494 e. The number of aliphatic hydroxyl groups excluding tert-OH is 1. The smallest absolute Gasteiger partial charge is 0.119 e. The van der Waals surface area contributed by atoms with Gasteiger partial charge >= 0.3 is 0 Å². The predicted octanol–water partition coefficient (Wildman–Crippen LogP) is 3.42. The van der Waals surface area contributed by atoms with Gasteiger partial charge in [-0.3, -0.25) is 0 Å². The highest BCUT2D eigenvalue weighted by molar-refractivity contribution is 7.99. The van der Waals surface area contributed by atoms with Gasteiger partial charge in [-0.05, 0) is 55.6 Å². The van der Waals surface area contributed by atoms with E-state index in [9.17, 15) is 5.11 Å². The molecule has 21 heavy (non-hydrogen) atoms. The van der Waals surface area contributed by atoms with Gasteiger partial charge in [-0.25, -0.2) is 0 Å². The van der Waals surface area contributed by atoms with E-state index >= 15 is 0 Å². The summed E-state index contributed by atoms with van der Waals surface area (Å²) in [6.45, 7) is 3.42. The molecule has 0 aliphatic carbocycles. The van der Waals surface area contributed by atoms with Crippen LogP contribution in [0.4, 0.5) is 0 Å². The summed E-state index contributed by atoms with van der Waals surface area (Å²) >= 11 is 1.97. The molecule has 2 aliphatic heterocycles. The molecule has 2 saturated heterocycles. The quantitative estimate of drug-likeness (QED) is 0.925. The summed E-state index contributed by atoms with van der Waals surface area (Å²) in [5.74, 6) is 3.44. The van der Waals surface area contributed by atoms with E-state index in [1.54, 1.807) is 0 Å². The molecule has 1 aromatic carbocycles. The van der Waals surface area contributed by atoms with Crippen LogP contribution >= 0.6 is 11.8 Å². The van der Waals surface area contributed by atoms with E-state index in [0.29, 0.717) is 12.5 Å². The predicted molar refractivity (Wildman–Crippen MR) is 85.9 cm³/mol. The Kier molecular flexibility index (Phi) is 4.77. The van der Waals surface area contributed by atoms with Crippen molar-refractivity contribution in [2.24, 2.45) is 5.92 Å². The fourth-order valence-corrected chi connectivity index (χ4v) is 4.78. The number of rotatable bonds is 4. The molecule has 0 amide bonds. The second-order valence-electron chi connectivity index (χ2n) is 6.03. The summed E-state index contributed by atoms with van der Waals surface area (Å²) in [6.07, 6.45) is 2.66. The zero-order valence-corrected chi connectivity index (χ0v) is 13.4. The van der Waals surface area contributed by atoms with Crippen LogP contribution in [0.25, 0.3) is 0 Å². The molecule has 2 fully saturated rings. The first-order chi connectivity index (χ1) is 10.2. The SMILES string of the molecule is CCOc1ccc(C(O)C2CCOC3(CCSC3)C2)cc1. The Bertz CT molecular complexity index is 454. The van der Waals surface area contributed by atoms with Crippen LogP contribution in [-0.4, -0.2) is 35.4 Å². The van der Waals surface area contributed by atoms with E-state index < -0.39 is 6.10 Å². The molecule has 3 nitrogen and oxygen atoms in total. The number of ether oxygens (including phenoxy) is 2. The molecule has 1 aromatic rings. The minimum atomic E-state index is -0.396. The fraction of sp³-hybridized carbons (Fsp3) is 0.647. The molecule has 3 rings (SSSR count). The zero-order valence-electron chi connectivity index (χ0n) is 12.6. The summed E-state index contributed by atoms with van der Waals surface area (Å²) in [6, 6.07) is 7.87. The van der Waals surface area contributed by atoms with Crippen LogP contribution in [0.1, 0.15) is 37.9 Å². The van der Waals surface area contributed by atoms with Crippen molar-refractivity contribution in [1.29, 1.82) is 0 Å². The Hall–Kier alpha value is -0.710. The van der Waals surface area contributed by atoms with Gasteiger partial charge in [-0.2, -0.15) is 11.8 Å². The first kappa shape index (κ1) is 15.2. The summed E-state index contributed by atoms with van der Waals surface area (Å²) in [7, 11) is 0. The fourth-order valence-electron chi connectivity index (χ4n) is 3.40. The van der Waals surface area contributed by atoms with E-state index in [-0.39, 0.29) is 5.60 Å². The standard InChI is InChI=1S/C17H24O3S/c1-2-19-15-5-3-13(4-6-15)16(18)14-7-9-20-17(11-14)8-10-21-12-17/h3-6,14,16,18H,2,7-12H2,1H3. The monoisotopic (exact) mass is 308 g/mol. The van der Waals surface area contributed by atoms with Crippen LogP contribution in [-0.2, 0) is 4.74 Å². The van der Waals surface area contributed by atoms with Crippen LogP contribution < -0.4 is 4.74 Å². The summed E-state index contributed by atoms with van der Waals surface area (Å²) in [5.41, 5.74) is 1.02. The molecule has 4 heteroatoms. The maximum atomic E-state index is 10.7. The van der Waals surface area contributed by atoms with Gasteiger partial charge in [-0.1, -0.05) is 12.1 Å². The second-order valence-corrected chi connectivity index (χ2v) is 7.14. The highest BCUT2D eigenvalue weighted by atomic mass is 32.2. The molecule has 2 aliphatic rings. The average molecular weight is 308 g/mol. The molecule has 3 atom stereocenters. The van der Waals surface area contributed by atoms with Crippen molar-refractivity contribution in [3.63, 3.8) is 0 Å². The third-order valence-electron chi connectivity index (χ3n) is 4.58. The van der Waals surface area contributed by atoms with Gasteiger partial charge in [0.2, 0.25) is 0 Å². The molecule has 1 spiro atoms. The lowest BCUT2D eigenvalue weighted by Crippen LogP contribution is -2.41. The lowest BCUT2D eigenvalue weighted by Gasteiger charge is -2.39. The Morgan fingerprint density at radius 1 is 1.43 bits per heavy atom. The Labute approximate surface area is 131 Å². The lowest BCUT2D eigenvalue weighted by atomic mass is 9.80. The number of hydrogen-bond donors (Lipinski definition) is 1. The minimum absolute atomic E-state index is 0.0276. The van der Waals surface area contributed by atoms with Crippen molar-refractivity contribution in [3.05, 3.63) is 29.8 Å². The highest BCUT2D eigenvalue weighted by Gasteiger charge is 2.42. The Morgan fingerprint density at radius 2 is 2.24 bits per heavy atom. The lowest BCUT2D eigenvalue weighted by molar-refractivity contribution is -0.102. The first-order valence-corrected chi connectivity index (χ1v) is 9.00. The zero-order chi connectivity index (χ0) is 14.7. The number of hydrogen-bond acceptors (Lipinski definition) is 4. The van der Waals surface area contributed by atoms with Crippen molar-refractivity contribution < 1.29 is 14.6 Å². The Morgan fingerprint density at radius 3 is 2.90 bits per heavy atom. The van der Waals surface area contributed by atoms with Gasteiger partial charge < -0.3 is 14.6 Å². The summed E-state index contributed by atoms with van der Waals surface area (Å²) in [4.78, 5) is 0. The van der Waals surface area contributed by atoms with Gasteiger partial charge in [-0.15, -0.1) is 0 Å². The molecule has 0 radical (unpaired) electrons. The third-order valence-corrected chi connectivity index (χ3v) is 5.80. The molecule has 0 bridgehead atoms. The molecule has 1 N–H and O–H groups in total. The van der Waals surface area contributed by atoms with Crippen molar-refractivity contribution in [2.45, 2.75) is 37.9 Å². The highest BCUT2D eigenvalue weighted by Crippen LogP contribution is 2.44. The minimum Gasteiger partial charge on any atom is -0.494 e. The maximum absolute atomic E-state index is 10.7. The van der Waals surface area contributed by atoms with Crippen LogP contribution in [0, 0.1) is 5.92 Å². The van der Waals surface area contributed by atoms with E-state index in [4.69, 9.17) is 9.47 Å².